The largest absolute Gasteiger partial charge is 0.481 e. The van der Waals surface area contributed by atoms with E-state index in [-0.39, 0.29) is 30.9 Å². The number of carbonyl (C=O) groups is 1. The van der Waals surface area contributed by atoms with E-state index in [0.29, 0.717) is 18.4 Å². The van der Waals surface area contributed by atoms with Crippen molar-refractivity contribution in [1.29, 1.82) is 0 Å². The van der Waals surface area contributed by atoms with Crippen LogP contribution in [-0.4, -0.2) is 34.7 Å². The average molecular weight is 512 g/mol. The quantitative estimate of drug-likeness (QED) is 0.344. The fraction of sp³-hybridized carbons (Fsp3) is 0.444. The van der Waals surface area contributed by atoms with Crippen molar-refractivity contribution in [3.63, 3.8) is 0 Å². The highest BCUT2D eigenvalue weighted by atomic mass is 19.4. The van der Waals surface area contributed by atoms with Crippen LogP contribution in [0.15, 0.2) is 60.2 Å². The molecule has 0 radical (unpaired) electrons. The molecule has 4 atom stereocenters. The first kappa shape index (κ1) is 27.6. The highest BCUT2D eigenvalue weighted by Gasteiger charge is 2.42. The summed E-state index contributed by atoms with van der Waals surface area (Å²) >= 11 is 0. The number of piperidine rings is 1. The predicted octanol–water partition coefficient (Wildman–Crippen LogP) is 6.95. The van der Waals surface area contributed by atoms with Crippen LogP contribution in [0.4, 0.5) is 26.3 Å². The number of rotatable bonds is 5. The summed E-state index contributed by atoms with van der Waals surface area (Å²) in [6.07, 6.45) is -4.97. The molecule has 194 valence electrons. The number of carboxylic acid groups (broad SMARTS) is 1. The van der Waals surface area contributed by atoms with Crippen molar-refractivity contribution in [2.24, 2.45) is 11.8 Å². The summed E-state index contributed by atoms with van der Waals surface area (Å²) in [6.45, 7) is 5.60. The Hall–Kier alpha value is -2.99. The van der Waals surface area contributed by atoms with Gasteiger partial charge in [0, 0.05) is 19.0 Å². The van der Waals surface area contributed by atoms with Crippen molar-refractivity contribution in [1.82, 2.24) is 4.90 Å². The summed E-state index contributed by atoms with van der Waals surface area (Å²) in [7, 11) is 0. The standard InChI is InChI=1S/C27H27F6NO2/c1-17(2)7-12-23(21-5-3-4-6-22(21)27(31,32)33)34-14-13-18(16-25(35)36)15-24(34)19-8-10-20(11-9-19)26(28,29)30/h3-6,8,10-11,18-19,23-24H,1,9,13-16H2,2H3,(H,35,36)/t18-,19?,23-,24+/m0/s1. The second-order valence-electron chi connectivity index (χ2n) is 9.25. The zero-order valence-electron chi connectivity index (χ0n) is 19.7. The Morgan fingerprint density at radius 2 is 1.89 bits per heavy atom. The first-order valence-electron chi connectivity index (χ1n) is 11.5. The number of nitrogens with zero attached hydrogens (tertiary/aromatic N) is 1. The molecule has 1 aliphatic carbocycles. The van der Waals surface area contributed by atoms with Gasteiger partial charge in [-0.1, -0.05) is 54.8 Å². The van der Waals surface area contributed by atoms with Gasteiger partial charge in [0.2, 0.25) is 0 Å². The van der Waals surface area contributed by atoms with Gasteiger partial charge in [-0.15, -0.1) is 0 Å². The number of allylic oxidation sites excluding steroid dienone is 4. The van der Waals surface area contributed by atoms with Gasteiger partial charge in [-0.2, -0.15) is 26.3 Å². The molecule has 1 unspecified atom stereocenters. The normalized spacial score (nSPS) is 23.9. The number of hydrogen-bond donors (Lipinski definition) is 1. The van der Waals surface area contributed by atoms with Crippen LogP contribution in [-0.2, 0) is 11.0 Å². The smallest absolute Gasteiger partial charge is 0.416 e. The van der Waals surface area contributed by atoms with Gasteiger partial charge in [0.25, 0.3) is 0 Å². The van der Waals surface area contributed by atoms with Crippen molar-refractivity contribution in [2.75, 3.05) is 6.54 Å². The third kappa shape index (κ3) is 6.82. The van der Waals surface area contributed by atoms with Crippen LogP contribution in [0.2, 0.25) is 0 Å². The zero-order valence-corrected chi connectivity index (χ0v) is 19.7. The Balaban J connectivity index is 2.05. The van der Waals surface area contributed by atoms with Crippen molar-refractivity contribution >= 4 is 5.97 Å². The monoisotopic (exact) mass is 511 g/mol. The van der Waals surface area contributed by atoms with Gasteiger partial charge in [-0.05, 0) is 55.2 Å². The van der Waals surface area contributed by atoms with E-state index in [1.54, 1.807) is 11.8 Å². The summed E-state index contributed by atoms with van der Waals surface area (Å²) in [4.78, 5) is 13.1. The third-order valence-electron chi connectivity index (χ3n) is 6.53. The van der Waals surface area contributed by atoms with Gasteiger partial charge in [0.05, 0.1) is 17.2 Å². The molecular weight excluding hydrogens is 484 g/mol. The molecule has 3 nitrogen and oxygen atoms in total. The van der Waals surface area contributed by atoms with E-state index >= 15 is 0 Å². The fourth-order valence-corrected chi connectivity index (χ4v) is 4.92. The molecule has 0 saturated carbocycles. The van der Waals surface area contributed by atoms with Crippen LogP contribution in [0.5, 0.6) is 0 Å². The van der Waals surface area contributed by atoms with E-state index in [2.05, 4.69) is 18.4 Å². The molecule has 1 aliphatic heterocycles. The minimum Gasteiger partial charge on any atom is -0.481 e. The summed E-state index contributed by atoms with van der Waals surface area (Å²) in [5.74, 6) is 4.01. The Morgan fingerprint density at radius 3 is 2.44 bits per heavy atom. The molecule has 9 heteroatoms. The van der Waals surface area contributed by atoms with Gasteiger partial charge in [-0.25, -0.2) is 0 Å². The summed E-state index contributed by atoms with van der Waals surface area (Å²) in [5.41, 5.74) is -1.20. The Labute approximate surface area is 206 Å². The lowest BCUT2D eigenvalue weighted by molar-refractivity contribution is -0.140. The number of carboxylic acids is 1. The average Bonchev–Trinajstić information content (AvgIpc) is 2.78. The van der Waals surface area contributed by atoms with E-state index in [1.807, 2.05) is 0 Å². The van der Waals surface area contributed by atoms with Crippen LogP contribution in [0.3, 0.4) is 0 Å². The minimum atomic E-state index is -4.63. The predicted molar refractivity (Wildman–Crippen MR) is 124 cm³/mol. The first-order valence-corrected chi connectivity index (χ1v) is 11.5. The summed E-state index contributed by atoms with van der Waals surface area (Å²) < 4.78 is 81.2. The van der Waals surface area contributed by atoms with Crippen LogP contribution < -0.4 is 0 Å². The molecule has 1 N–H and O–H groups in total. The lowest BCUT2D eigenvalue weighted by Gasteiger charge is -2.45. The molecule has 1 aromatic rings. The molecule has 2 aliphatic rings. The number of aliphatic carboxylic acids is 1. The molecule has 0 amide bonds. The maximum Gasteiger partial charge on any atom is 0.416 e. The topological polar surface area (TPSA) is 40.5 Å². The highest BCUT2D eigenvalue weighted by molar-refractivity contribution is 5.67. The van der Waals surface area contributed by atoms with Gasteiger partial charge in [0.15, 0.2) is 0 Å². The number of halogens is 6. The number of likely N-dealkylation sites (tertiary alicyclic amines) is 1. The lowest BCUT2D eigenvalue weighted by Crippen LogP contribution is -2.48. The van der Waals surface area contributed by atoms with Crippen molar-refractivity contribution in [3.05, 3.63) is 71.3 Å². The van der Waals surface area contributed by atoms with E-state index < -0.39 is 47.5 Å². The third-order valence-corrected chi connectivity index (χ3v) is 6.53. The fourth-order valence-electron chi connectivity index (χ4n) is 4.92. The second kappa shape index (κ2) is 11.0. The molecule has 0 bridgehead atoms. The van der Waals surface area contributed by atoms with Crippen LogP contribution >= 0.6 is 0 Å². The molecule has 0 aromatic heterocycles. The van der Waals surface area contributed by atoms with Crippen LogP contribution in [0.25, 0.3) is 0 Å². The van der Waals surface area contributed by atoms with E-state index in [0.717, 1.165) is 18.2 Å². The molecule has 1 saturated heterocycles. The number of benzene rings is 1. The van der Waals surface area contributed by atoms with E-state index in [9.17, 15) is 36.2 Å². The van der Waals surface area contributed by atoms with Crippen molar-refractivity contribution in [3.8, 4) is 11.8 Å². The molecule has 1 aromatic carbocycles. The Bertz CT molecular complexity index is 1110. The Morgan fingerprint density at radius 1 is 1.19 bits per heavy atom. The second-order valence-corrected chi connectivity index (χ2v) is 9.25. The van der Waals surface area contributed by atoms with Gasteiger partial charge in [0.1, 0.15) is 0 Å². The molecule has 1 fully saturated rings. The lowest BCUT2D eigenvalue weighted by atomic mass is 9.78. The number of hydrogen-bond acceptors (Lipinski definition) is 2. The molecular formula is C27H27F6NO2. The van der Waals surface area contributed by atoms with Gasteiger partial charge in [-0.3, -0.25) is 9.69 Å². The zero-order chi connectivity index (χ0) is 26.7. The maximum atomic E-state index is 13.9. The molecule has 36 heavy (non-hydrogen) atoms. The van der Waals surface area contributed by atoms with E-state index in [4.69, 9.17) is 0 Å². The molecule has 0 spiro atoms. The first-order chi connectivity index (χ1) is 16.8. The van der Waals surface area contributed by atoms with E-state index in [1.165, 1.54) is 24.3 Å². The summed E-state index contributed by atoms with van der Waals surface area (Å²) in [6, 6.07) is 3.62. The maximum absolute atomic E-state index is 13.9. The van der Waals surface area contributed by atoms with Crippen LogP contribution in [0, 0.1) is 23.7 Å². The summed E-state index contributed by atoms with van der Waals surface area (Å²) in [5, 5.41) is 9.29. The van der Waals surface area contributed by atoms with Crippen molar-refractivity contribution in [2.45, 2.75) is 57.0 Å². The van der Waals surface area contributed by atoms with Gasteiger partial charge < -0.3 is 5.11 Å². The molecule has 1 heterocycles. The SMILES string of the molecule is C=C(C)C#C[C@@H](c1ccccc1C(F)(F)F)N1CC[C@H](CC(=O)O)C[C@@H]1C1C=CC(C(F)(F)F)=CC1. The Kier molecular flexibility index (Phi) is 8.40. The molecule has 3 rings (SSSR count). The van der Waals surface area contributed by atoms with Crippen molar-refractivity contribution < 1.29 is 36.2 Å². The highest BCUT2D eigenvalue weighted by Crippen LogP contribution is 2.42. The minimum absolute atomic E-state index is 0.0356. The number of alkyl halides is 6. The van der Waals surface area contributed by atoms with Crippen LogP contribution in [0.1, 0.15) is 49.8 Å². The van der Waals surface area contributed by atoms with Gasteiger partial charge >= 0.3 is 18.3 Å².